The van der Waals surface area contributed by atoms with E-state index < -0.39 is 4.92 Å². The van der Waals surface area contributed by atoms with Gasteiger partial charge in [0.2, 0.25) is 0 Å². The van der Waals surface area contributed by atoms with Gasteiger partial charge in [0.05, 0.1) is 4.92 Å². The number of amides is 1. The number of benzene rings is 1. The molecular weight excluding hydrogens is 258 g/mol. The summed E-state index contributed by atoms with van der Waals surface area (Å²) < 4.78 is 0. The Labute approximate surface area is 117 Å². The molecule has 6 heteroatoms. The van der Waals surface area contributed by atoms with Gasteiger partial charge in [0.25, 0.3) is 11.6 Å². The Kier molecular flexibility index (Phi) is 4.22. The maximum atomic E-state index is 12.1. The second-order valence-electron chi connectivity index (χ2n) is 5.10. The van der Waals surface area contributed by atoms with E-state index in [0.29, 0.717) is 17.2 Å². The van der Waals surface area contributed by atoms with Crippen LogP contribution < -0.4 is 10.6 Å². The van der Waals surface area contributed by atoms with Crippen molar-refractivity contribution in [3.8, 4) is 0 Å². The summed E-state index contributed by atoms with van der Waals surface area (Å²) in [6, 6.07) is 4.71. The van der Waals surface area contributed by atoms with Crippen LogP contribution in [-0.2, 0) is 0 Å². The van der Waals surface area contributed by atoms with Crippen LogP contribution >= 0.6 is 0 Å². The fraction of sp³-hybridized carbons (Fsp3) is 0.500. The van der Waals surface area contributed by atoms with Crippen LogP contribution in [0, 0.1) is 16.0 Å². The van der Waals surface area contributed by atoms with Gasteiger partial charge in [0.1, 0.15) is 5.69 Å². The monoisotopic (exact) mass is 277 g/mol. The van der Waals surface area contributed by atoms with E-state index in [4.69, 9.17) is 0 Å². The standard InChI is InChI=1S/C14H19N3O3/c1-3-4-9-7-12(9)16-14(18)10-5-6-11(15-2)13(8-10)17(19)20/h5-6,8-9,12,15H,3-4,7H2,1-2H3,(H,16,18). The molecule has 1 aromatic carbocycles. The van der Waals surface area contributed by atoms with Crippen LogP contribution in [0.4, 0.5) is 11.4 Å². The molecule has 1 fully saturated rings. The van der Waals surface area contributed by atoms with Crippen LogP contribution in [0.3, 0.4) is 0 Å². The highest BCUT2D eigenvalue weighted by molar-refractivity contribution is 5.96. The highest BCUT2D eigenvalue weighted by Gasteiger charge is 2.37. The fourth-order valence-electron chi connectivity index (χ4n) is 2.40. The average Bonchev–Trinajstić information content (AvgIpc) is 3.16. The number of nitro benzene ring substituents is 1. The average molecular weight is 277 g/mol. The Morgan fingerprint density at radius 1 is 1.50 bits per heavy atom. The van der Waals surface area contributed by atoms with Gasteiger partial charge in [-0.15, -0.1) is 0 Å². The van der Waals surface area contributed by atoms with E-state index in [-0.39, 0.29) is 17.6 Å². The molecule has 20 heavy (non-hydrogen) atoms. The van der Waals surface area contributed by atoms with Crippen LogP contribution in [0.1, 0.15) is 36.5 Å². The van der Waals surface area contributed by atoms with Crippen molar-refractivity contribution in [1.29, 1.82) is 0 Å². The third-order valence-corrected chi connectivity index (χ3v) is 3.62. The molecule has 0 radical (unpaired) electrons. The molecule has 0 aromatic heterocycles. The minimum absolute atomic E-state index is 0.0824. The lowest BCUT2D eigenvalue weighted by Crippen LogP contribution is -2.26. The first-order valence-corrected chi connectivity index (χ1v) is 6.83. The summed E-state index contributed by atoms with van der Waals surface area (Å²) in [4.78, 5) is 22.5. The smallest absolute Gasteiger partial charge is 0.293 e. The zero-order chi connectivity index (χ0) is 14.7. The first-order valence-electron chi connectivity index (χ1n) is 6.83. The Hall–Kier alpha value is -2.11. The minimum Gasteiger partial charge on any atom is -0.383 e. The highest BCUT2D eigenvalue weighted by Crippen LogP contribution is 2.35. The second kappa shape index (κ2) is 5.90. The van der Waals surface area contributed by atoms with E-state index in [1.54, 1.807) is 19.2 Å². The van der Waals surface area contributed by atoms with Crippen LogP contribution in [0.5, 0.6) is 0 Å². The minimum atomic E-state index is -0.486. The van der Waals surface area contributed by atoms with E-state index in [9.17, 15) is 14.9 Å². The molecule has 1 saturated carbocycles. The molecule has 0 aliphatic heterocycles. The molecule has 2 unspecified atom stereocenters. The molecule has 1 amide bonds. The Bertz CT molecular complexity index is 530. The molecular formula is C14H19N3O3. The van der Waals surface area contributed by atoms with Crippen LogP contribution in [-0.4, -0.2) is 23.9 Å². The Balaban J connectivity index is 2.07. The molecule has 6 nitrogen and oxygen atoms in total. The Morgan fingerprint density at radius 2 is 2.25 bits per heavy atom. The largest absolute Gasteiger partial charge is 0.383 e. The quantitative estimate of drug-likeness (QED) is 0.618. The molecule has 0 saturated heterocycles. The van der Waals surface area contributed by atoms with Crippen molar-refractivity contribution in [2.24, 2.45) is 5.92 Å². The molecule has 1 aliphatic carbocycles. The van der Waals surface area contributed by atoms with Crippen LogP contribution in [0.2, 0.25) is 0 Å². The summed E-state index contributed by atoms with van der Waals surface area (Å²) in [5.41, 5.74) is 0.653. The summed E-state index contributed by atoms with van der Waals surface area (Å²) in [5.74, 6) is 0.329. The summed E-state index contributed by atoms with van der Waals surface area (Å²) in [6.07, 6.45) is 3.24. The number of hydrogen-bond acceptors (Lipinski definition) is 4. The maximum Gasteiger partial charge on any atom is 0.293 e. The number of nitrogens with one attached hydrogen (secondary N) is 2. The summed E-state index contributed by atoms with van der Waals surface area (Å²) in [5, 5.41) is 16.6. The molecule has 0 spiro atoms. The molecule has 2 atom stereocenters. The van der Waals surface area contributed by atoms with E-state index in [2.05, 4.69) is 17.6 Å². The lowest BCUT2D eigenvalue weighted by molar-refractivity contribution is -0.384. The number of nitrogens with zero attached hydrogens (tertiary/aromatic N) is 1. The van der Waals surface area contributed by atoms with E-state index in [0.717, 1.165) is 19.3 Å². The first-order chi connectivity index (χ1) is 9.56. The van der Waals surface area contributed by atoms with Crippen molar-refractivity contribution in [2.75, 3.05) is 12.4 Å². The van der Waals surface area contributed by atoms with Gasteiger partial charge in [-0.3, -0.25) is 14.9 Å². The maximum absolute atomic E-state index is 12.1. The van der Waals surface area contributed by atoms with Crippen LogP contribution in [0.15, 0.2) is 18.2 Å². The summed E-state index contributed by atoms with van der Waals surface area (Å²) in [7, 11) is 1.61. The zero-order valence-corrected chi connectivity index (χ0v) is 11.7. The topological polar surface area (TPSA) is 84.3 Å². The molecule has 0 bridgehead atoms. The van der Waals surface area contributed by atoms with Gasteiger partial charge in [-0.1, -0.05) is 13.3 Å². The van der Waals surface area contributed by atoms with Crippen molar-refractivity contribution in [2.45, 2.75) is 32.2 Å². The van der Waals surface area contributed by atoms with Gasteiger partial charge in [-0.05, 0) is 30.9 Å². The lowest BCUT2D eigenvalue weighted by atomic mass is 10.1. The van der Waals surface area contributed by atoms with Crippen molar-refractivity contribution in [3.63, 3.8) is 0 Å². The second-order valence-corrected chi connectivity index (χ2v) is 5.10. The molecule has 2 N–H and O–H groups in total. The Morgan fingerprint density at radius 3 is 2.85 bits per heavy atom. The molecule has 2 rings (SSSR count). The molecule has 0 heterocycles. The SMILES string of the molecule is CCCC1CC1NC(=O)c1ccc(NC)c([N+](=O)[O-])c1. The normalized spacial score (nSPS) is 20.3. The van der Waals surface area contributed by atoms with Gasteiger partial charge in [0, 0.05) is 24.7 Å². The predicted molar refractivity (Wildman–Crippen MR) is 76.9 cm³/mol. The third kappa shape index (κ3) is 3.07. The zero-order valence-electron chi connectivity index (χ0n) is 11.7. The first kappa shape index (κ1) is 14.3. The number of nitro groups is 1. The number of carbonyl (C=O) groups is 1. The number of anilines is 1. The van der Waals surface area contributed by atoms with Gasteiger partial charge in [0.15, 0.2) is 0 Å². The van der Waals surface area contributed by atoms with Crippen LogP contribution in [0.25, 0.3) is 0 Å². The van der Waals surface area contributed by atoms with Gasteiger partial charge in [-0.25, -0.2) is 0 Å². The molecule has 1 aromatic rings. The molecule has 1 aliphatic rings. The fourth-order valence-corrected chi connectivity index (χ4v) is 2.40. The third-order valence-electron chi connectivity index (χ3n) is 3.62. The van der Waals surface area contributed by atoms with E-state index in [1.807, 2.05) is 0 Å². The highest BCUT2D eigenvalue weighted by atomic mass is 16.6. The summed E-state index contributed by atoms with van der Waals surface area (Å²) >= 11 is 0. The van der Waals surface area contributed by atoms with Crippen molar-refractivity contribution >= 4 is 17.3 Å². The van der Waals surface area contributed by atoms with Crippen molar-refractivity contribution in [3.05, 3.63) is 33.9 Å². The van der Waals surface area contributed by atoms with Crippen molar-refractivity contribution in [1.82, 2.24) is 5.32 Å². The summed E-state index contributed by atoms with van der Waals surface area (Å²) in [6.45, 7) is 2.12. The van der Waals surface area contributed by atoms with E-state index in [1.165, 1.54) is 6.07 Å². The predicted octanol–water partition coefficient (Wildman–Crippen LogP) is 2.55. The number of hydrogen-bond donors (Lipinski definition) is 2. The van der Waals surface area contributed by atoms with Gasteiger partial charge in [-0.2, -0.15) is 0 Å². The van der Waals surface area contributed by atoms with E-state index >= 15 is 0 Å². The van der Waals surface area contributed by atoms with Gasteiger partial charge < -0.3 is 10.6 Å². The van der Waals surface area contributed by atoms with Gasteiger partial charge >= 0.3 is 0 Å². The van der Waals surface area contributed by atoms with Crippen molar-refractivity contribution < 1.29 is 9.72 Å². The molecule has 108 valence electrons. The lowest BCUT2D eigenvalue weighted by Gasteiger charge is -2.07. The number of rotatable bonds is 6. The number of carbonyl (C=O) groups excluding carboxylic acids is 1.